The first-order chi connectivity index (χ1) is 26.3. The number of carboxylic acids is 1. The molecule has 1 aromatic rings. The Morgan fingerprint density at radius 2 is 1.46 bits per heavy atom. The quantitative estimate of drug-likeness (QED) is 0.224. The highest BCUT2D eigenvalue weighted by Gasteiger charge is 2.65. The Labute approximate surface area is 337 Å². The van der Waals surface area contributed by atoms with Gasteiger partial charge in [0.1, 0.15) is 11.6 Å². The molecular weight excluding hydrogens is 728 g/mol. The lowest BCUT2D eigenvalue weighted by atomic mass is 9.38. The van der Waals surface area contributed by atoms with Gasteiger partial charge in [-0.05, 0) is 173 Å². The zero-order chi connectivity index (χ0) is 40.5. The van der Waals surface area contributed by atoms with Crippen LogP contribution in [0.5, 0.6) is 0 Å². The zero-order valence-electron chi connectivity index (χ0n) is 34.5. The van der Waals surface area contributed by atoms with E-state index in [0.29, 0.717) is 60.4 Å². The summed E-state index contributed by atoms with van der Waals surface area (Å²) >= 11 is 6.04. The first-order valence-corrected chi connectivity index (χ1v) is 21.8. The highest BCUT2D eigenvalue weighted by molar-refractivity contribution is 6.30. The molecule has 9 unspecified atom stereocenters. The van der Waals surface area contributed by atoms with Crippen molar-refractivity contribution in [1.29, 1.82) is 0 Å². The van der Waals surface area contributed by atoms with E-state index in [0.717, 1.165) is 56.1 Å². The summed E-state index contributed by atoms with van der Waals surface area (Å²) in [4.78, 5) is 66.3. The average molecular weight is 791 g/mol. The third kappa shape index (κ3) is 6.93. The minimum atomic E-state index is -1.22. The Balaban J connectivity index is 1.08. The van der Waals surface area contributed by atoms with E-state index in [4.69, 9.17) is 16.3 Å². The van der Waals surface area contributed by atoms with Crippen LogP contribution >= 0.6 is 11.6 Å². The van der Waals surface area contributed by atoms with Gasteiger partial charge in [0.25, 0.3) is 5.91 Å². The van der Waals surface area contributed by atoms with Gasteiger partial charge in [-0.15, -0.1) is 0 Å². The van der Waals surface area contributed by atoms with Crippen LogP contribution in [0, 0.1) is 58.2 Å². The fraction of sp³-hybridized carbons (Fsp3) is 0.717. The molecular formula is C46H63ClN2O7. The molecule has 1 aromatic carbocycles. The fourth-order valence-electron chi connectivity index (χ4n) is 13.4. The zero-order valence-corrected chi connectivity index (χ0v) is 35.2. The van der Waals surface area contributed by atoms with Crippen LogP contribution in [0.15, 0.2) is 35.4 Å². The second-order valence-electron chi connectivity index (χ2n) is 20.0. The number of hydrogen-bond donors (Lipinski definition) is 3. The van der Waals surface area contributed by atoms with E-state index in [1.165, 1.54) is 0 Å². The number of amides is 2. The predicted octanol–water partition coefficient (Wildman–Crippen LogP) is 8.72. The number of nitrogens with one attached hydrogen (secondary N) is 2. The fourth-order valence-corrected chi connectivity index (χ4v) is 13.5. The molecule has 56 heavy (non-hydrogen) atoms. The van der Waals surface area contributed by atoms with Crippen LogP contribution in [0.4, 0.5) is 0 Å². The van der Waals surface area contributed by atoms with Crippen molar-refractivity contribution in [3.05, 3.63) is 46.0 Å². The number of carbonyl (C=O) groups excluding carboxylic acids is 4. The Hall–Kier alpha value is -3.20. The lowest BCUT2D eigenvalue weighted by molar-refractivity contribution is -0.192. The number of carboxylic acid groups (broad SMARTS) is 1. The Bertz CT molecular complexity index is 1800. The van der Waals surface area contributed by atoms with Gasteiger partial charge in [-0.1, -0.05) is 46.2 Å². The smallest absolute Gasteiger partial charge is 0.309 e. The van der Waals surface area contributed by atoms with E-state index < -0.39 is 17.0 Å². The van der Waals surface area contributed by atoms with Crippen molar-refractivity contribution in [3.63, 3.8) is 0 Å². The number of hydrogen-bond acceptors (Lipinski definition) is 6. The summed E-state index contributed by atoms with van der Waals surface area (Å²) < 4.78 is 6.30. The van der Waals surface area contributed by atoms with E-state index in [9.17, 15) is 29.1 Å². The van der Waals surface area contributed by atoms with Gasteiger partial charge in [0, 0.05) is 17.0 Å². The van der Waals surface area contributed by atoms with Crippen LogP contribution in [0.1, 0.15) is 142 Å². The SMILES string of the molecule is CC(C)C1=C2C3CCC4C(C)(CCC5C(C)C(OC(=O)C6CCC(C(=O)O)CC6)CCC54C)C3CCC2(NC(=O)C(C)(C)NC(=O)c2ccc(Cl)cc2)CC1=O. The van der Waals surface area contributed by atoms with E-state index in [2.05, 4.69) is 45.3 Å². The number of halogens is 1. The van der Waals surface area contributed by atoms with Crippen LogP contribution in [-0.4, -0.2) is 51.8 Å². The lowest BCUT2D eigenvalue weighted by Gasteiger charge is -2.67. The van der Waals surface area contributed by atoms with Crippen molar-refractivity contribution in [2.75, 3.05) is 0 Å². The molecule has 0 aromatic heterocycles. The molecule has 0 heterocycles. The number of fused-ring (bicyclic) bond motifs is 7. The van der Waals surface area contributed by atoms with E-state index in [1.807, 2.05) is 0 Å². The Morgan fingerprint density at radius 3 is 2.11 bits per heavy atom. The number of ketones is 1. The molecule has 9 atom stereocenters. The number of esters is 1. The highest BCUT2D eigenvalue weighted by Crippen LogP contribution is 2.70. The van der Waals surface area contributed by atoms with Gasteiger partial charge in [-0.2, -0.15) is 0 Å². The maximum atomic E-state index is 14.2. The minimum Gasteiger partial charge on any atom is -0.481 e. The largest absolute Gasteiger partial charge is 0.481 e. The predicted molar refractivity (Wildman–Crippen MR) is 215 cm³/mol. The summed E-state index contributed by atoms with van der Waals surface area (Å²) in [5.41, 5.74) is 0.676. The first kappa shape index (κ1) is 41.0. The molecule has 306 valence electrons. The topological polar surface area (TPSA) is 139 Å². The number of allylic oxidation sites excluding steroid dienone is 1. The molecule has 6 aliphatic rings. The van der Waals surface area contributed by atoms with Crippen molar-refractivity contribution in [2.24, 2.45) is 58.2 Å². The standard InChI is InChI=1S/C46H63ClN2O7/c1-25(2)37-34(50)24-46(49-42(55)43(4,5)48-39(51)27-12-14-30(47)15-13-27)23-19-33-31(38(37)46)16-17-36-44(6)22-20-35(26(3)32(44)18-21-45(33,36)7)56-41(54)29-10-8-28(9-11-29)40(52)53/h12-15,25-26,28-29,31-33,35-36H,8-11,16-24H2,1-7H3,(H,48,51)(H,49,55)(H,52,53). The van der Waals surface area contributed by atoms with Crippen molar-refractivity contribution in [1.82, 2.24) is 10.6 Å². The van der Waals surface area contributed by atoms with Gasteiger partial charge in [-0.25, -0.2) is 0 Å². The summed E-state index contributed by atoms with van der Waals surface area (Å²) in [6, 6.07) is 6.59. The Morgan fingerprint density at radius 1 is 0.857 bits per heavy atom. The second-order valence-corrected chi connectivity index (χ2v) is 20.4. The summed E-state index contributed by atoms with van der Waals surface area (Å²) in [5, 5.41) is 16.3. The van der Waals surface area contributed by atoms with E-state index in [1.54, 1.807) is 38.1 Å². The minimum absolute atomic E-state index is 0.0393. The first-order valence-electron chi connectivity index (χ1n) is 21.4. The van der Waals surface area contributed by atoms with Gasteiger partial charge >= 0.3 is 11.9 Å². The van der Waals surface area contributed by atoms with Gasteiger partial charge in [-0.3, -0.25) is 24.0 Å². The van der Waals surface area contributed by atoms with Crippen LogP contribution < -0.4 is 10.6 Å². The molecule has 0 spiro atoms. The number of rotatable bonds is 8. The molecule has 0 radical (unpaired) electrons. The number of aliphatic carboxylic acids is 1. The molecule has 0 bridgehead atoms. The third-order valence-corrected chi connectivity index (χ3v) is 16.5. The molecule has 7 rings (SSSR count). The van der Waals surface area contributed by atoms with Gasteiger partial charge in [0.15, 0.2) is 5.78 Å². The molecule has 5 fully saturated rings. The maximum absolute atomic E-state index is 14.2. The van der Waals surface area contributed by atoms with Crippen molar-refractivity contribution in [2.45, 2.75) is 149 Å². The van der Waals surface area contributed by atoms with Crippen molar-refractivity contribution < 1.29 is 33.8 Å². The van der Waals surface area contributed by atoms with E-state index >= 15 is 0 Å². The van der Waals surface area contributed by atoms with Crippen LogP contribution in [0.3, 0.4) is 0 Å². The normalized spacial score (nSPS) is 38.1. The average Bonchev–Trinajstić information content (AvgIpc) is 3.44. The maximum Gasteiger partial charge on any atom is 0.309 e. The highest BCUT2D eigenvalue weighted by atomic mass is 35.5. The Kier molecular flexibility index (Phi) is 10.9. The molecule has 3 N–H and O–H groups in total. The molecule has 5 saturated carbocycles. The molecule has 10 heteroatoms. The number of Topliss-reactive ketones (excluding diaryl/α,β-unsaturated/α-hetero) is 1. The van der Waals surface area contributed by atoms with Crippen LogP contribution in [0.25, 0.3) is 0 Å². The van der Waals surface area contributed by atoms with Gasteiger partial charge in [0.2, 0.25) is 5.91 Å². The number of benzene rings is 1. The molecule has 0 saturated heterocycles. The van der Waals surface area contributed by atoms with Crippen LogP contribution in [-0.2, 0) is 23.9 Å². The summed E-state index contributed by atoms with van der Waals surface area (Å²) in [5.74, 6) is -0.146. The summed E-state index contributed by atoms with van der Waals surface area (Å²) in [6.45, 7) is 15.0. The lowest BCUT2D eigenvalue weighted by Crippen LogP contribution is -2.65. The second kappa shape index (κ2) is 14.9. The molecule has 2 amide bonds. The van der Waals surface area contributed by atoms with Crippen molar-refractivity contribution >= 4 is 41.1 Å². The molecule has 9 nitrogen and oxygen atoms in total. The van der Waals surface area contributed by atoms with Crippen molar-refractivity contribution in [3.8, 4) is 0 Å². The molecule has 0 aliphatic heterocycles. The summed E-state index contributed by atoms with van der Waals surface area (Å²) in [7, 11) is 0. The monoisotopic (exact) mass is 790 g/mol. The summed E-state index contributed by atoms with van der Waals surface area (Å²) in [6.07, 6.45) is 10.1. The number of ether oxygens (including phenoxy) is 1. The third-order valence-electron chi connectivity index (χ3n) is 16.2. The molecule has 6 aliphatic carbocycles. The van der Waals surface area contributed by atoms with Gasteiger partial charge in [0.05, 0.1) is 17.4 Å². The van der Waals surface area contributed by atoms with E-state index in [-0.39, 0.29) is 76.5 Å². The van der Waals surface area contributed by atoms with Gasteiger partial charge < -0.3 is 20.5 Å². The van der Waals surface area contributed by atoms with Crippen LogP contribution in [0.2, 0.25) is 5.02 Å². The number of carbonyl (C=O) groups is 5.